The fourth-order valence-corrected chi connectivity index (χ4v) is 2.12. The lowest BCUT2D eigenvalue weighted by Crippen LogP contribution is -2.25. The first-order valence-corrected chi connectivity index (χ1v) is 6.32. The minimum absolute atomic E-state index is 0.0984. The number of nitrogens with zero attached hydrogens (tertiary/aromatic N) is 4. The van der Waals surface area contributed by atoms with Crippen LogP contribution in [0, 0.1) is 28.4 Å². The zero-order valence-corrected chi connectivity index (χ0v) is 11.6. The predicted molar refractivity (Wildman–Crippen MR) is 73.4 cm³/mol. The predicted octanol–water partition coefficient (Wildman–Crippen LogP) is 3.08. The lowest BCUT2D eigenvalue weighted by atomic mass is 10.2. The minimum atomic E-state index is -0.517. The number of halogens is 1. The second kappa shape index (κ2) is 6.90. The number of unbranched alkanes of at least 4 members (excludes halogenated alkanes) is 1. The zero-order valence-electron chi connectivity index (χ0n) is 10.9. The zero-order chi connectivity index (χ0) is 14.4. The van der Waals surface area contributed by atoms with E-state index >= 15 is 0 Å². The molecule has 0 radical (unpaired) electrons. The van der Waals surface area contributed by atoms with Crippen LogP contribution in [-0.4, -0.2) is 23.0 Å². The van der Waals surface area contributed by atoms with E-state index in [0.717, 1.165) is 0 Å². The van der Waals surface area contributed by atoms with Gasteiger partial charge in [0.05, 0.1) is 11.0 Å². The molecule has 0 N–H and O–H groups in total. The van der Waals surface area contributed by atoms with E-state index in [2.05, 4.69) is 11.1 Å². The Morgan fingerprint density at radius 1 is 1.63 bits per heavy atom. The molecular weight excluding hydrogens is 268 g/mol. The summed E-state index contributed by atoms with van der Waals surface area (Å²) in [5.41, 5.74) is 0.915. The highest BCUT2D eigenvalue weighted by Crippen LogP contribution is 2.34. The molecule has 0 fully saturated rings. The maximum atomic E-state index is 11.1. The summed E-state index contributed by atoms with van der Waals surface area (Å²) >= 11 is 5.86. The third-order valence-corrected chi connectivity index (χ3v) is 2.94. The number of hydrogen-bond donors (Lipinski definition) is 0. The summed E-state index contributed by atoms with van der Waals surface area (Å²) in [4.78, 5) is 16.3. The Labute approximate surface area is 116 Å². The number of hydrogen-bond acceptors (Lipinski definition) is 5. The largest absolute Gasteiger partial charge is 0.366 e. The van der Waals surface area contributed by atoms with Crippen LogP contribution >= 0.6 is 11.6 Å². The summed E-state index contributed by atoms with van der Waals surface area (Å²) in [6, 6.07) is 3.71. The SMILES string of the molecule is CCN(CCCC#N)c1cc(C)nc(Cl)c1[N+](=O)[O-]. The highest BCUT2D eigenvalue weighted by atomic mass is 35.5. The average molecular weight is 283 g/mol. The summed E-state index contributed by atoms with van der Waals surface area (Å²) in [5, 5.41) is 19.6. The van der Waals surface area contributed by atoms with Crippen LogP contribution < -0.4 is 4.90 Å². The average Bonchev–Trinajstić information content (AvgIpc) is 2.33. The molecule has 19 heavy (non-hydrogen) atoms. The fourth-order valence-electron chi connectivity index (χ4n) is 1.82. The van der Waals surface area contributed by atoms with Crippen molar-refractivity contribution >= 4 is 23.0 Å². The Balaban J connectivity index is 3.15. The van der Waals surface area contributed by atoms with E-state index in [1.807, 2.05) is 11.8 Å². The van der Waals surface area contributed by atoms with Gasteiger partial charge in [-0.25, -0.2) is 4.98 Å². The van der Waals surface area contributed by atoms with E-state index in [0.29, 0.717) is 37.3 Å². The van der Waals surface area contributed by atoms with Gasteiger partial charge in [-0.05, 0) is 26.3 Å². The lowest BCUT2D eigenvalue weighted by Gasteiger charge is -2.22. The molecule has 1 aromatic heterocycles. The van der Waals surface area contributed by atoms with Crippen molar-refractivity contribution in [3.05, 3.63) is 27.0 Å². The van der Waals surface area contributed by atoms with Gasteiger partial charge in [0.2, 0.25) is 5.15 Å². The molecule has 0 saturated heterocycles. The van der Waals surface area contributed by atoms with Crippen LogP contribution in [0.1, 0.15) is 25.5 Å². The monoisotopic (exact) mass is 282 g/mol. The smallest absolute Gasteiger partial charge is 0.329 e. The Hall–Kier alpha value is -1.87. The van der Waals surface area contributed by atoms with Crippen LogP contribution in [0.25, 0.3) is 0 Å². The van der Waals surface area contributed by atoms with Gasteiger partial charge in [0, 0.05) is 25.2 Å². The van der Waals surface area contributed by atoms with Crippen molar-refractivity contribution in [1.82, 2.24) is 4.98 Å². The van der Waals surface area contributed by atoms with Crippen LogP contribution in [-0.2, 0) is 0 Å². The van der Waals surface area contributed by atoms with Gasteiger partial charge >= 0.3 is 5.69 Å². The third kappa shape index (κ3) is 3.80. The van der Waals surface area contributed by atoms with Gasteiger partial charge in [-0.2, -0.15) is 5.26 Å². The van der Waals surface area contributed by atoms with Crippen LogP contribution in [0.3, 0.4) is 0 Å². The molecule has 0 spiro atoms. The first-order chi connectivity index (χ1) is 9.01. The number of nitriles is 1. The number of rotatable bonds is 6. The number of aryl methyl sites for hydroxylation is 1. The Bertz CT molecular complexity index is 513. The standard InChI is InChI=1S/C12H15ClN4O2/c1-3-16(7-5-4-6-14)10-8-9(2)15-12(13)11(10)17(18)19/h8H,3-5,7H2,1-2H3. The van der Waals surface area contributed by atoms with E-state index < -0.39 is 4.92 Å². The molecule has 0 bridgehead atoms. The highest BCUT2D eigenvalue weighted by Gasteiger charge is 2.24. The van der Waals surface area contributed by atoms with Crippen molar-refractivity contribution in [2.75, 3.05) is 18.0 Å². The Kier molecular flexibility index (Phi) is 5.52. The summed E-state index contributed by atoms with van der Waals surface area (Å²) < 4.78 is 0. The molecule has 0 aliphatic rings. The van der Waals surface area contributed by atoms with Gasteiger partial charge in [-0.3, -0.25) is 10.1 Å². The van der Waals surface area contributed by atoms with E-state index in [-0.39, 0.29) is 10.8 Å². The lowest BCUT2D eigenvalue weighted by molar-refractivity contribution is -0.384. The molecular formula is C12H15ClN4O2. The Morgan fingerprint density at radius 2 is 2.32 bits per heavy atom. The van der Waals surface area contributed by atoms with E-state index in [1.54, 1.807) is 13.0 Å². The normalized spacial score (nSPS) is 10.0. The van der Waals surface area contributed by atoms with Gasteiger partial charge in [-0.1, -0.05) is 11.6 Å². The molecule has 0 aliphatic heterocycles. The third-order valence-electron chi connectivity index (χ3n) is 2.68. The first kappa shape index (κ1) is 15.2. The molecule has 0 aliphatic carbocycles. The van der Waals surface area contributed by atoms with E-state index in [4.69, 9.17) is 16.9 Å². The molecule has 0 atom stereocenters. The maximum absolute atomic E-state index is 11.1. The van der Waals surface area contributed by atoms with Crippen molar-refractivity contribution in [2.24, 2.45) is 0 Å². The number of anilines is 1. The van der Waals surface area contributed by atoms with Crippen LogP contribution in [0.2, 0.25) is 5.15 Å². The van der Waals surface area contributed by atoms with Crippen LogP contribution in [0.4, 0.5) is 11.4 Å². The van der Waals surface area contributed by atoms with Crippen LogP contribution in [0.15, 0.2) is 6.07 Å². The molecule has 0 amide bonds. The first-order valence-electron chi connectivity index (χ1n) is 5.94. The molecule has 1 aromatic rings. The fraction of sp³-hybridized carbons (Fsp3) is 0.500. The second-order valence-electron chi connectivity index (χ2n) is 4.02. The highest BCUT2D eigenvalue weighted by molar-refractivity contribution is 6.32. The molecule has 6 nitrogen and oxygen atoms in total. The van der Waals surface area contributed by atoms with Gasteiger partial charge < -0.3 is 4.90 Å². The molecule has 102 valence electrons. The molecule has 0 saturated carbocycles. The van der Waals surface area contributed by atoms with Gasteiger partial charge in [0.15, 0.2) is 0 Å². The molecule has 1 rings (SSSR count). The number of aromatic nitrogens is 1. The molecule has 0 unspecified atom stereocenters. The minimum Gasteiger partial charge on any atom is -0.366 e. The van der Waals surface area contributed by atoms with E-state index in [9.17, 15) is 10.1 Å². The van der Waals surface area contributed by atoms with Crippen molar-refractivity contribution in [2.45, 2.75) is 26.7 Å². The summed E-state index contributed by atoms with van der Waals surface area (Å²) in [6.45, 7) is 4.82. The van der Waals surface area contributed by atoms with Crippen molar-refractivity contribution in [3.8, 4) is 6.07 Å². The van der Waals surface area contributed by atoms with Crippen molar-refractivity contribution < 1.29 is 4.92 Å². The topological polar surface area (TPSA) is 83.1 Å². The molecule has 0 aromatic carbocycles. The number of pyridine rings is 1. The maximum Gasteiger partial charge on any atom is 0.329 e. The second-order valence-corrected chi connectivity index (χ2v) is 4.38. The van der Waals surface area contributed by atoms with Crippen molar-refractivity contribution in [1.29, 1.82) is 5.26 Å². The number of nitro groups is 1. The Morgan fingerprint density at radius 3 is 2.84 bits per heavy atom. The molecule has 1 heterocycles. The van der Waals surface area contributed by atoms with Crippen molar-refractivity contribution in [3.63, 3.8) is 0 Å². The molecule has 7 heteroatoms. The van der Waals surface area contributed by atoms with Gasteiger partial charge in [-0.15, -0.1) is 0 Å². The van der Waals surface area contributed by atoms with E-state index in [1.165, 1.54) is 0 Å². The van der Waals surface area contributed by atoms with Gasteiger partial charge in [0.25, 0.3) is 0 Å². The summed E-state index contributed by atoms with van der Waals surface area (Å²) in [5.74, 6) is 0. The van der Waals surface area contributed by atoms with Crippen LogP contribution in [0.5, 0.6) is 0 Å². The summed E-state index contributed by atoms with van der Waals surface area (Å²) in [7, 11) is 0. The quantitative estimate of drug-likeness (QED) is 0.346. The summed E-state index contributed by atoms with van der Waals surface area (Å²) in [6.07, 6.45) is 1.07. The van der Waals surface area contributed by atoms with Gasteiger partial charge in [0.1, 0.15) is 5.69 Å².